The highest BCUT2D eigenvalue weighted by Crippen LogP contribution is 2.62. The molecule has 1 aliphatic carbocycles. The highest BCUT2D eigenvalue weighted by molar-refractivity contribution is 6.33. The second-order valence-electron chi connectivity index (χ2n) is 11.2. The summed E-state index contributed by atoms with van der Waals surface area (Å²) in [5.41, 5.74) is 2.65. The van der Waals surface area contributed by atoms with E-state index in [4.69, 9.17) is 21.1 Å². The van der Waals surface area contributed by atoms with Crippen LogP contribution >= 0.6 is 11.6 Å². The van der Waals surface area contributed by atoms with Crippen LogP contribution in [0.4, 0.5) is 5.69 Å². The van der Waals surface area contributed by atoms with Crippen LogP contribution in [0, 0.1) is 12.3 Å². The maximum Gasteiger partial charge on any atom is 0.185 e. The molecule has 1 spiro atoms. The molecule has 0 unspecified atom stereocenters. The number of hydrogen-bond donors (Lipinski definition) is 0. The molecule has 7 rings (SSSR count). The van der Waals surface area contributed by atoms with E-state index in [0.717, 1.165) is 16.8 Å². The van der Waals surface area contributed by atoms with Gasteiger partial charge >= 0.3 is 0 Å². The summed E-state index contributed by atoms with van der Waals surface area (Å²) < 4.78 is 11.6. The van der Waals surface area contributed by atoms with E-state index in [-0.39, 0.29) is 17.3 Å². The molecule has 0 saturated carbocycles. The van der Waals surface area contributed by atoms with Gasteiger partial charge in [-0.3, -0.25) is 14.4 Å². The minimum Gasteiger partial charge on any atom is -0.493 e. The number of methoxy groups -OCH3 is 2. The molecular weight excluding hydrogens is 562 g/mol. The van der Waals surface area contributed by atoms with Gasteiger partial charge in [-0.05, 0) is 36.8 Å². The summed E-state index contributed by atoms with van der Waals surface area (Å²) in [6, 6.07) is 23.5. The summed E-state index contributed by atoms with van der Waals surface area (Å²) in [7, 11) is 3.06. The number of carbonyl (C=O) groups is 3. The Morgan fingerprint density at radius 3 is 2.21 bits per heavy atom. The Morgan fingerprint density at radius 2 is 1.56 bits per heavy atom. The highest BCUT2D eigenvalue weighted by atomic mass is 35.5. The van der Waals surface area contributed by atoms with Crippen LogP contribution in [0.3, 0.4) is 0 Å². The highest BCUT2D eigenvalue weighted by Gasteiger charge is 2.72. The minimum absolute atomic E-state index is 0.204. The molecule has 2 heterocycles. The van der Waals surface area contributed by atoms with E-state index in [1.807, 2.05) is 54.3 Å². The number of nitrogens with zero attached hydrogens (tertiary/aromatic N) is 1. The molecule has 0 aromatic heterocycles. The maximum atomic E-state index is 14.9. The lowest BCUT2D eigenvalue weighted by Crippen LogP contribution is -2.48. The van der Waals surface area contributed by atoms with Crippen molar-refractivity contribution in [1.82, 2.24) is 0 Å². The van der Waals surface area contributed by atoms with Gasteiger partial charge in [-0.15, -0.1) is 0 Å². The van der Waals surface area contributed by atoms with Gasteiger partial charge in [0.2, 0.25) is 0 Å². The second-order valence-corrected chi connectivity index (χ2v) is 11.7. The van der Waals surface area contributed by atoms with E-state index in [0.29, 0.717) is 38.8 Å². The predicted molar refractivity (Wildman–Crippen MR) is 166 cm³/mol. The Morgan fingerprint density at radius 1 is 0.860 bits per heavy atom. The van der Waals surface area contributed by atoms with Gasteiger partial charge in [-0.2, -0.15) is 0 Å². The number of para-hydroxylation sites is 1. The molecule has 0 N–H and O–H groups in total. The number of fused-ring (bicyclic) bond motifs is 5. The molecule has 1 saturated heterocycles. The number of benzene rings is 4. The lowest BCUT2D eigenvalue weighted by molar-refractivity contribution is 0.0664. The fourth-order valence-corrected chi connectivity index (χ4v) is 7.52. The van der Waals surface area contributed by atoms with E-state index in [1.165, 1.54) is 14.2 Å². The third-order valence-corrected chi connectivity index (χ3v) is 9.37. The molecule has 6 nitrogen and oxygen atoms in total. The van der Waals surface area contributed by atoms with Crippen molar-refractivity contribution in [2.24, 2.45) is 5.41 Å². The van der Waals surface area contributed by atoms with Crippen LogP contribution in [0.15, 0.2) is 91.0 Å². The Bertz CT molecular complexity index is 1830. The number of anilines is 1. The minimum atomic E-state index is -1.65. The van der Waals surface area contributed by atoms with Crippen molar-refractivity contribution >= 4 is 40.7 Å². The van der Waals surface area contributed by atoms with E-state index in [9.17, 15) is 14.4 Å². The Hall–Kier alpha value is -4.68. The zero-order valence-corrected chi connectivity index (χ0v) is 24.6. The molecule has 2 aliphatic heterocycles. The first-order chi connectivity index (χ1) is 20.8. The summed E-state index contributed by atoms with van der Waals surface area (Å²) >= 11 is 6.40. The normalized spacial score (nSPS) is 21.0. The van der Waals surface area contributed by atoms with E-state index < -0.39 is 23.4 Å². The quantitative estimate of drug-likeness (QED) is 0.185. The molecular formula is C36H28ClNO5. The molecule has 0 radical (unpaired) electrons. The van der Waals surface area contributed by atoms with Crippen molar-refractivity contribution in [2.75, 3.05) is 19.1 Å². The molecule has 43 heavy (non-hydrogen) atoms. The molecule has 0 amide bonds. The van der Waals surface area contributed by atoms with E-state index >= 15 is 0 Å². The molecule has 4 aromatic carbocycles. The first kappa shape index (κ1) is 27.2. The van der Waals surface area contributed by atoms with Crippen LogP contribution in [0.5, 0.6) is 11.5 Å². The number of aryl methyl sites for hydroxylation is 1. The third kappa shape index (κ3) is 3.69. The molecule has 3 atom stereocenters. The van der Waals surface area contributed by atoms with Crippen LogP contribution in [0.1, 0.15) is 53.7 Å². The lowest BCUT2D eigenvalue weighted by atomic mass is 9.64. The number of carbonyl (C=O) groups excluding carboxylic acids is 3. The molecule has 4 aromatic rings. The Kier molecular flexibility index (Phi) is 6.29. The SMILES string of the molecule is COc1cccc([C@H]2[C@H](C(=O)c3ccc(C)cc3)N3c4ccc(Cl)cc4C=C[C@@H]3C23C(=O)c2ccccc2C3=O)c1OC. The summed E-state index contributed by atoms with van der Waals surface area (Å²) in [6.45, 7) is 1.96. The molecule has 3 aliphatic rings. The van der Waals surface area contributed by atoms with Crippen LogP contribution in [0.25, 0.3) is 6.08 Å². The van der Waals surface area contributed by atoms with E-state index in [2.05, 4.69) is 0 Å². The van der Waals surface area contributed by atoms with Gasteiger partial charge in [-0.25, -0.2) is 0 Å². The molecule has 1 fully saturated rings. The zero-order valence-electron chi connectivity index (χ0n) is 23.8. The smallest absolute Gasteiger partial charge is 0.185 e. The van der Waals surface area contributed by atoms with Crippen molar-refractivity contribution in [3.63, 3.8) is 0 Å². The average Bonchev–Trinajstić information content (AvgIpc) is 3.46. The van der Waals surface area contributed by atoms with Gasteiger partial charge in [0.15, 0.2) is 28.8 Å². The van der Waals surface area contributed by atoms with E-state index in [1.54, 1.807) is 54.6 Å². The first-order valence-electron chi connectivity index (χ1n) is 14.1. The fourth-order valence-electron chi connectivity index (χ4n) is 7.34. The predicted octanol–water partition coefficient (Wildman–Crippen LogP) is 6.98. The summed E-state index contributed by atoms with van der Waals surface area (Å²) in [5, 5.41) is 0.545. The van der Waals surface area contributed by atoms with Crippen LogP contribution in [-0.2, 0) is 0 Å². The van der Waals surface area contributed by atoms with Crippen molar-refractivity contribution < 1.29 is 23.9 Å². The van der Waals surface area contributed by atoms with Gasteiger partial charge < -0.3 is 14.4 Å². The first-order valence-corrected chi connectivity index (χ1v) is 14.5. The standard InChI is InChI=1S/C36H28ClNO5/c1-20-11-13-21(14-12-20)32(39)31-30(26-9-6-10-28(42-2)33(26)43-3)36(34(40)24-7-4-5-8-25(24)35(36)41)29-18-15-22-19-23(37)16-17-27(22)38(29)31/h4-19,29-31H,1-3H3/t29-,30+,31-/m1/s1. The monoisotopic (exact) mass is 589 g/mol. The summed E-state index contributed by atoms with van der Waals surface area (Å²) in [5.74, 6) is -0.912. The van der Waals surface area contributed by atoms with Crippen LogP contribution in [0.2, 0.25) is 5.02 Å². The third-order valence-electron chi connectivity index (χ3n) is 9.14. The molecule has 0 bridgehead atoms. The number of hydrogen-bond acceptors (Lipinski definition) is 6. The fraction of sp³-hybridized carbons (Fsp3) is 0.194. The van der Waals surface area contributed by atoms with Crippen molar-refractivity contribution in [3.05, 3.63) is 129 Å². The number of ether oxygens (including phenoxy) is 2. The second kappa shape index (κ2) is 9.96. The molecule has 7 heteroatoms. The number of ketones is 3. The largest absolute Gasteiger partial charge is 0.493 e. The van der Waals surface area contributed by atoms with Gasteiger partial charge in [0.1, 0.15) is 11.5 Å². The van der Waals surface area contributed by atoms with Crippen molar-refractivity contribution in [3.8, 4) is 11.5 Å². The summed E-state index contributed by atoms with van der Waals surface area (Å²) in [6.07, 6.45) is 3.77. The van der Waals surface area contributed by atoms with Gasteiger partial charge in [-0.1, -0.05) is 90.0 Å². The van der Waals surface area contributed by atoms with Gasteiger partial charge in [0.05, 0.1) is 20.3 Å². The Balaban J connectivity index is 1.58. The average molecular weight is 590 g/mol. The van der Waals surface area contributed by atoms with Crippen molar-refractivity contribution in [2.45, 2.75) is 24.9 Å². The summed E-state index contributed by atoms with van der Waals surface area (Å²) in [4.78, 5) is 46.5. The number of rotatable bonds is 5. The number of halogens is 1. The topological polar surface area (TPSA) is 72.9 Å². The van der Waals surface area contributed by atoms with Crippen molar-refractivity contribution in [1.29, 1.82) is 0 Å². The number of Topliss-reactive ketones (excluding diaryl/α,β-unsaturated/α-hetero) is 3. The van der Waals surface area contributed by atoms with Crippen LogP contribution in [-0.4, -0.2) is 43.7 Å². The van der Waals surface area contributed by atoms with Gasteiger partial charge in [0.25, 0.3) is 0 Å². The van der Waals surface area contributed by atoms with Gasteiger partial charge in [0, 0.05) is 38.9 Å². The molecule has 214 valence electrons. The van der Waals surface area contributed by atoms with Crippen LogP contribution < -0.4 is 14.4 Å². The zero-order chi connectivity index (χ0) is 30.0. The maximum absolute atomic E-state index is 14.9. The Labute approximate surface area is 254 Å². The lowest BCUT2D eigenvalue weighted by Gasteiger charge is -2.37.